The quantitative estimate of drug-likeness (QED) is 0.00720. The molecule has 0 aromatic heterocycles. The third kappa shape index (κ3) is 23.1. The average Bonchev–Trinajstić information content (AvgIpc) is 1.55. The van der Waals surface area contributed by atoms with Crippen LogP contribution in [-0.4, -0.2) is 30.5 Å². The number of phenolic OH excluding ortho intramolecular Hbond substituents is 2. The molecule has 139 heavy (non-hydrogen) atoms. The van der Waals surface area contributed by atoms with Crippen LogP contribution in [-0.2, 0) is 48.8 Å². The lowest BCUT2D eigenvalue weighted by Gasteiger charge is -2.37. The molecule has 5 unspecified atom stereocenters. The molecule has 0 radical (unpaired) electrons. The zero-order chi connectivity index (χ0) is 98.1. The molecule has 14 aromatic carbocycles. The van der Waals surface area contributed by atoms with Gasteiger partial charge in [-0.15, -0.1) is 22.4 Å². The smallest absolute Gasteiger partial charge is 0.508 e. The van der Waals surface area contributed by atoms with Gasteiger partial charge in [0.15, 0.2) is 0 Å². The first-order chi connectivity index (χ1) is 67.3. The first-order valence-corrected chi connectivity index (χ1v) is 53.3. The van der Waals surface area contributed by atoms with E-state index in [4.69, 9.17) is 13.7 Å². The molecule has 3 aliphatic carbocycles. The largest absolute Gasteiger partial charge is 0.550 e. The summed E-state index contributed by atoms with van der Waals surface area (Å²) < 4.78 is 127. The van der Waals surface area contributed by atoms with E-state index in [0.717, 1.165) is 138 Å². The molecule has 17 rings (SSSR count). The number of aromatic hydroxyl groups is 2. The molecule has 0 amide bonds. The Morgan fingerprint density at radius 2 is 0.669 bits per heavy atom. The molecule has 5 atom stereocenters. The number of halogens is 6. The highest BCUT2D eigenvalue weighted by molar-refractivity contribution is 7.90. The minimum atomic E-state index is -5.86. The summed E-state index contributed by atoms with van der Waals surface area (Å²) in [6, 6.07) is 82.2. The van der Waals surface area contributed by atoms with E-state index >= 15 is 0 Å². The molecule has 0 saturated heterocycles. The van der Waals surface area contributed by atoms with Crippen LogP contribution in [0.25, 0.3) is 98.0 Å². The number of alkyl halides is 6. The highest BCUT2D eigenvalue weighted by atomic mass is 32.2. The van der Waals surface area contributed by atoms with Crippen molar-refractivity contribution in [3.63, 3.8) is 0 Å². The second-order valence-corrected chi connectivity index (χ2v) is 41.1. The third-order valence-electron chi connectivity index (χ3n) is 29.9. The van der Waals surface area contributed by atoms with Gasteiger partial charge in [0.25, 0.3) is 12.3 Å². The van der Waals surface area contributed by atoms with Crippen LogP contribution in [0.4, 0.5) is 26.3 Å². The number of phenols is 2. The fraction of sp³-hybridized carbons (Fsp3) is 0.405. The Morgan fingerprint density at radius 1 is 0.331 bits per heavy atom. The first-order valence-electron chi connectivity index (χ1n) is 51.2. The van der Waals surface area contributed by atoms with Crippen molar-refractivity contribution in [1.29, 1.82) is 0 Å². The van der Waals surface area contributed by atoms with Gasteiger partial charge in [0.1, 0.15) is 47.7 Å². The van der Waals surface area contributed by atoms with E-state index in [2.05, 4.69) is 233 Å². The molecule has 10 nitrogen and oxygen atoms in total. The lowest BCUT2D eigenvalue weighted by Crippen LogP contribution is -2.29. The Balaban J connectivity index is 0.000000160. The van der Waals surface area contributed by atoms with Gasteiger partial charge in [-0.3, -0.25) is 0 Å². The van der Waals surface area contributed by atoms with Crippen LogP contribution in [0.1, 0.15) is 299 Å². The monoisotopic (exact) mass is 1930 g/mol. The Labute approximate surface area is 822 Å². The van der Waals surface area contributed by atoms with Gasteiger partial charge >= 0.3 is 22.0 Å². The number of unbranched alkanes of at least 4 members (excludes halogenated alkanes) is 12. The molecule has 0 aliphatic heterocycles. The Morgan fingerprint density at radius 3 is 1.07 bits per heavy atom. The standard InChI is InChI=1S/C49H54O2.C37H40F6O6S2.C35H42O2/c1-4-7-9-16-28-49(33-36(6-3)17-8-5-2)47-32-41-30-42(50-34-37-18-12-10-13-19-37)24-22-39(41)31-46(47)45-26-23-40-29-43(25-27-44(40)48(45)49)51-35-38-20-14-11-15-21-38;1-4-7-9-10-20-35(23-24(6-3)11-8-5-2)33-29-18-14-27(46-50-49-48-36(38,39)40)21-25(29)12-16-31(33)32-17-13-26-22-28(15-19-30(26)34(32)35)47-51(44,45)37(41,42)43;1-4-7-9-10-20-35(23-24(6-3)11-8-5-2)33-29-18-14-27(36)21-25(29)12-16-31(33)32-17-13-26-22-28(37)15-19-30(26)34(32)35/h10-15,18-27,29-32,36H,4-9,16-17,28,33-35H2,1-3H3;12-19,21-22,24H,4-11,20,23H2,1-3H3;12-19,21-22,24,36-37H,4-11,20,23H2,1-3H3. The van der Waals surface area contributed by atoms with Gasteiger partial charge in [0.05, 0.1) is 0 Å². The predicted molar refractivity (Wildman–Crippen MR) is 560 cm³/mol. The maximum absolute atomic E-state index is 13.2. The summed E-state index contributed by atoms with van der Waals surface area (Å²) in [5, 5.41) is 33.7. The van der Waals surface area contributed by atoms with Crippen molar-refractivity contribution in [1.82, 2.24) is 0 Å². The average molecular weight is 1930 g/mol. The number of hydrogen-bond acceptors (Lipinski definition) is 11. The van der Waals surface area contributed by atoms with Gasteiger partial charge in [-0.1, -0.05) is 374 Å². The summed E-state index contributed by atoms with van der Waals surface area (Å²) in [5.41, 5.74) is 11.9. The number of ether oxygens (including phenoxy) is 2. The molecule has 2 N–H and O–H groups in total. The minimum absolute atomic E-state index is 0.0461. The van der Waals surface area contributed by atoms with Crippen LogP contribution < -0.4 is 17.8 Å². The molecule has 0 spiro atoms. The molecule has 18 heteroatoms. The van der Waals surface area contributed by atoms with E-state index < -0.39 is 33.2 Å². The van der Waals surface area contributed by atoms with Crippen LogP contribution >= 0.6 is 12.3 Å². The van der Waals surface area contributed by atoms with Crippen molar-refractivity contribution < 1.29 is 72.0 Å². The summed E-state index contributed by atoms with van der Waals surface area (Å²) in [7, 11) is -5.86. The highest BCUT2D eigenvalue weighted by Gasteiger charge is 2.51. The lowest BCUT2D eigenvalue weighted by atomic mass is 9.66. The molecule has 0 fully saturated rings. The molecule has 0 heterocycles. The number of rotatable bonds is 45. The molecule has 3 aliphatic rings. The minimum Gasteiger partial charge on any atom is -0.508 e. The van der Waals surface area contributed by atoms with Crippen molar-refractivity contribution in [2.75, 3.05) is 0 Å². The van der Waals surface area contributed by atoms with Gasteiger partial charge in [-0.05, 0) is 284 Å². The molecule has 734 valence electrons. The summed E-state index contributed by atoms with van der Waals surface area (Å²) >= 11 is 0.0461. The lowest BCUT2D eigenvalue weighted by molar-refractivity contribution is -0.441. The maximum Gasteiger partial charge on any atom is 0.550 e. The summed E-state index contributed by atoms with van der Waals surface area (Å²) in [6.07, 6.45) is 29.4. The highest BCUT2D eigenvalue weighted by Crippen LogP contribution is 2.64. The fourth-order valence-corrected chi connectivity index (χ4v) is 23.9. The summed E-state index contributed by atoms with van der Waals surface area (Å²) in [5.74, 6) is 4.02. The Hall–Kier alpha value is -10.8. The van der Waals surface area contributed by atoms with E-state index in [9.17, 15) is 45.0 Å². The van der Waals surface area contributed by atoms with Gasteiger partial charge in [-0.25, -0.2) is 0 Å². The molecular formula is C121H136F6O10S2. The van der Waals surface area contributed by atoms with Gasteiger partial charge < -0.3 is 28.1 Å². The molecule has 14 aromatic rings. The second-order valence-electron chi connectivity index (χ2n) is 39.1. The van der Waals surface area contributed by atoms with Gasteiger partial charge in [0.2, 0.25) is 0 Å². The molecular weight excluding hydrogens is 1790 g/mol. The molecule has 0 bridgehead atoms. The van der Waals surface area contributed by atoms with Gasteiger partial charge in [-0.2, -0.15) is 21.6 Å². The maximum atomic E-state index is 13.2. The summed E-state index contributed by atoms with van der Waals surface area (Å²) in [6.45, 7) is 21.7. The number of hydrogen-bond donors (Lipinski definition) is 2. The van der Waals surface area contributed by atoms with Crippen LogP contribution in [0.5, 0.6) is 34.5 Å². The Kier molecular flexibility index (Phi) is 34.2. The van der Waals surface area contributed by atoms with Crippen molar-refractivity contribution in [2.24, 2.45) is 17.8 Å². The fourth-order valence-electron chi connectivity index (χ4n) is 23.1. The van der Waals surface area contributed by atoms with Crippen molar-refractivity contribution in [3.05, 3.63) is 287 Å². The Bertz CT molecular complexity index is 6570. The van der Waals surface area contributed by atoms with E-state index in [1.54, 1.807) is 29.8 Å². The van der Waals surface area contributed by atoms with Crippen LogP contribution in [0.3, 0.4) is 0 Å². The van der Waals surface area contributed by atoms with E-state index in [1.165, 1.54) is 210 Å². The first kappa shape index (κ1) is 103. The SMILES string of the molecule is CCCCCCC1(CC(CC)CCCC)c2c(ccc3cc(O)ccc23)-c2ccc3cc(O)ccc3c21.CCCCCCC1(CC(CC)CCCC)c2c(ccc3cc(OSOOC(F)(F)F)ccc23)-c2ccc3cc(OS(=O)(=O)C(F)(F)F)ccc3c21.CCCCCCC1(CC(CC)CCCC)c2cc3cc(OCc4ccccc4)ccc3cc2-c2ccc3cc(OCc4ccccc4)ccc3c21. The van der Waals surface area contributed by atoms with Crippen LogP contribution in [0.2, 0.25) is 0 Å². The zero-order valence-electron chi connectivity index (χ0n) is 82.2. The number of fused-ring (bicyclic) bond motifs is 20. The van der Waals surface area contributed by atoms with Crippen molar-refractivity contribution in [2.45, 2.75) is 296 Å². The van der Waals surface area contributed by atoms with E-state index in [-0.39, 0.29) is 28.9 Å². The van der Waals surface area contributed by atoms with E-state index in [1.807, 2.05) is 48.5 Å². The van der Waals surface area contributed by atoms with Crippen molar-refractivity contribution in [3.8, 4) is 67.9 Å². The second kappa shape index (κ2) is 46.3. The molecule has 0 saturated carbocycles. The zero-order valence-corrected chi connectivity index (χ0v) is 83.8. The van der Waals surface area contributed by atoms with E-state index in [0.29, 0.717) is 47.9 Å². The topological polar surface area (TPSA) is 130 Å². The van der Waals surface area contributed by atoms with Gasteiger partial charge in [0, 0.05) is 16.2 Å². The normalized spacial score (nSPS) is 15.7. The van der Waals surface area contributed by atoms with Crippen molar-refractivity contribution >= 4 is 87.1 Å². The third-order valence-corrected chi connectivity index (χ3v) is 31.3. The van der Waals surface area contributed by atoms with Crippen LogP contribution in [0.15, 0.2) is 243 Å². The van der Waals surface area contributed by atoms with Crippen LogP contribution in [0, 0.1) is 17.8 Å². The number of benzene rings is 14. The summed E-state index contributed by atoms with van der Waals surface area (Å²) in [4.78, 5) is 3.32. The predicted octanol–water partition coefficient (Wildman–Crippen LogP) is 36.7.